The molecule has 2 aromatic heterocycles. The molecule has 0 saturated carbocycles. The van der Waals surface area contributed by atoms with E-state index >= 15 is 0 Å². The Labute approximate surface area is 194 Å². The molecule has 4 aromatic rings. The number of hydrogen-bond acceptors (Lipinski definition) is 5. The number of benzene rings is 2. The molecule has 0 radical (unpaired) electrons. The van der Waals surface area contributed by atoms with E-state index in [1.807, 2.05) is 48.7 Å². The molecule has 0 saturated heterocycles. The van der Waals surface area contributed by atoms with Gasteiger partial charge >= 0.3 is 0 Å². The summed E-state index contributed by atoms with van der Waals surface area (Å²) < 4.78 is 0. The third-order valence-corrected chi connectivity index (χ3v) is 7.26. The van der Waals surface area contributed by atoms with Crippen LogP contribution in [0.15, 0.2) is 88.2 Å². The monoisotopic (exact) mass is 457 g/mol. The molecule has 1 aliphatic rings. The number of thiophene rings is 1. The summed E-state index contributed by atoms with van der Waals surface area (Å²) in [5.41, 5.74) is 3.74. The van der Waals surface area contributed by atoms with Crippen molar-refractivity contribution in [3.8, 4) is 0 Å². The molecule has 0 atom stereocenters. The molecule has 2 amide bonds. The van der Waals surface area contributed by atoms with Crippen molar-refractivity contribution in [2.45, 2.75) is 23.4 Å². The van der Waals surface area contributed by atoms with Gasteiger partial charge in [-0.2, -0.15) is 0 Å². The van der Waals surface area contributed by atoms with Crippen molar-refractivity contribution in [3.63, 3.8) is 0 Å². The zero-order chi connectivity index (χ0) is 22.1. The van der Waals surface area contributed by atoms with Gasteiger partial charge < -0.3 is 10.2 Å². The van der Waals surface area contributed by atoms with Crippen LogP contribution in [0.3, 0.4) is 0 Å². The maximum atomic E-state index is 13.5. The quantitative estimate of drug-likeness (QED) is 0.409. The second-order valence-electron chi connectivity index (χ2n) is 7.35. The lowest BCUT2D eigenvalue weighted by atomic mass is 10.1. The molecule has 1 N–H and O–H groups in total. The van der Waals surface area contributed by atoms with Crippen LogP contribution in [0.5, 0.6) is 0 Å². The molecule has 158 valence electrons. The number of anilines is 2. The third kappa shape index (κ3) is 3.92. The SMILES string of the molecule is Cc1sccc1C(=O)Nc1ccc(C(=O)N2Cc3ccccc3Sc3ncccc32)cc1. The van der Waals surface area contributed by atoms with E-state index in [0.29, 0.717) is 23.4 Å². The number of rotatable bonds is 3. The van der Waals surface area contributed by atoms with Gasteiger partial charge in [-0.1, -0.05) is 30.0 Å². The minimum absolute atomic E-state index is 0.108. The molecule has 0 spiro atoms. The minimum Gasteiger partial charge on any atom is -0.322 e. The number of hydrogen-bond donors (Lipinski definition) is 1. The number of pyridine rings is 1. The molecule has 0 unspecified atom stereocenters. The lowest BCUT2D eigenvalue weighted by Gasteiger charge is -2.22. The highest BCUT2D eigenvalue weighted by atomic mass is 32.2. The molecule has 3 heterocycles. The highest BCUT2D eigenvalue weighted by Gasteiger charge is 2.26. The number of aromatic nitrogens is 1. The first-order chi connectivity index (χ1) is 15.6. The van der Waals surface area contributed by atoms with E-state index < -0.39 is 0 Å². The fourth-order valence-electron chi connectivity index (χ4n) is 3.61. The number of aryl methyl sites for hydroxylation is 1. The Balaban J connectivity index is 1.41. The highest BCUT2D eigenvalue weighted by Crippen LogP contribution is 2.40. The van der Waals surface area contributed by atoms with Gasteiger partial charge in [-0.15, -0.1) is 11.3 Å². The van der Waals surface area contributed by atoms with Gasteiger partial charge in [0.15, 0.2) is 0 Å². The van der Waals surface area contributed by atoms with Crippen molar-refractivity contribution in [2.75, 3.05) is 10.2 Å². The summed E-state index contributed by atoms with van der Waals surface area (Å²) in [7, 11) is 0. The number of nitrogens with zero attached hydrogens (tertiary/aromatic N) is 2. The molecule has 2 aromatic carbocycles. The van der Waals surface area contributed by atoms with Crippen LogP contribution in [-0.2, 0) is 6.54 Å². The second kappa shape index (κ2) is 8.61. The summed E-state index contributed by atoms with van der Waals surface area (Å²) in [5.74, 6) is -0.257. The normalized spacial score (nSPS) is 12.5. The van der Waals surface area contributed by atoms with Crippen molar-refractivity contribution >= 4 is 46.3 Å². The van der Waals surface area contributed by atoms with Gasteiger partial charge in [-0.3, -0.25) is 9.59 Å². The average molecular weight is 458 g/mol. The first kappa shape index (κ1) is 20.5. The Kier molecular flexibility index (Phi) is 5.51. The largest absolute Gasteiger partial charge is 0.322 e. The lowest BCUT2D eigenvalue weighted by molar-refractivity contribution is 0.0983. The topological polar surface area (TPSA) is 62.3 Å². The number of carbonyl (C=O) groups excluding carboxylic acids is 2. The molecule has 7 heteroatoms. The summed E-state index contributed by atoms with van der Waals surface area (Å²) >= 11 is 3.12. The molecule has 0 fully saturated rings. The summed E-state index contributed by atoms with van der Waals surface area (Å²) in [6.07, 6.45) is 1.75. The summed E-state index contributed by atoms with van der Waals surface area (Å²) in [6.45, 7) is 2.39. The molecule has 5 rings (SSSR count). The predicted molar refractivity (Wildman–Crippen MR) is 129 cm³/mol. The summed E-state index contributed by atoms with van der Waals surface area (Å²) in [5, 5.41) is 5.60. The van der Waals surface area contributed by atoms with Gasteiger partial charge in [0.2, 0.25) is 0 Å². The molecular weight excluding hydrogens is 438 g/mol. The van der Waals surface area contributed by atoms with Crippen LogP contribution >= 0.6 is 23.1 Å². The van der Waals surface area contributed by atoms with Crippen molar-refractivity contribution in [1.82, 2.24) is 4.98 Å². The highest BCUT2D eigenvalue weighted by molar-refractivity contribution is 7.99. The molecular formula is C25H19N3O2S2. The maximum absolute atomic E-state index is 13.5. The van der Waals surface area contributed by atoms with E-state index in [2.05, 4.69) is 16.4 Å². The van der Waals surface area contributed by atoms with Gasteiger partial charge in [0.1, 0.15) is 5.03 Å². The third-order valence-electron chi connectivity index (χ3n) is 5.29. The van der Waals surface area contributed by atoms with Crippen molar-refractivity contribution in [2.24, 2.45) is 0 Å². The van der Waals surface area contributed by atoms with Crippen molar-refractivity contribution < 1.29 is 9.59 Å². The smallest absolute Gasteiger partial charge is 0.258 e. The van der Waals surface area contributed by atoms with Gasteiger partial charge in [0.05, 0.1) is 17.8 Å². The van der Waals surface area contributed by atoms with Gasteiger partial charge in [0.25, 0.3) is 11.8 Å². The number of nitrogens with one attached hydrogen (secondary N) is 1. The van der Waals surface area contributed by atoms with Gasteiger partial charge in [0, 0.05) is 27.2 Å². The standard InChI is InChI=1S/C25H19N3O2S2/c1-16-20(12-14-31-16)23(29)27-19-10-8-17(9-11-19)25(30)28-15-18-5-2-3-7-22(18)32-24-21(28)6-4-13-26-24/h2-14H,15H2,1H3,(H,27,29). The maximum Gasteiger partial charge on any atom is 0.258 e. The van der Waals surface area contributed by atoms with Crippen LogP contribution in [0.25, 0.3) is 0 Å². The summed E-state index contributed by atoms with van der Waals surface area (Å²) in [6, 6.07) is 20.7. The number of carbonyl (C=O) groups is 2. The van der Waals surface area contributed by atoms with E-state index in [4.69, 9.17) is 0 Å². The molecule has 32 heavy (non-hydrogen) atoms. The number of amides is 2. The fourth-order valence-corrected chi connectivity index (χ4v) is 5.32. The second-order valence-corrected chi connectivity index (χ2v) is 9.50. The number of fused-ring (bicyclic) bond motifs is 2. The van der Waals surface area contributed by atoms with E-state index in [1.165, 1.54) is 11.3 Å². The molecule has 0 aliphatic carbocycles. The zero-order valence-electron chi connectivity index (χ0n) is 17.2. The lowest BCUT2D eigenvalue weighted by Crippen LogP contribution is -2.30. The van der Waals surface area contributed by atoms with Gasteiger partial charge in [-0.25, -0.2) is 4.98 Å². The van der Waals surface area contributed by atoms with E-state index in [9.17, 15) is 9.59 Å². The van der Waals surface area contributed by atoms with Crippen LogP contribution in [0.2, 0.25) is 0 Å². The molecule has 1 aliphatic heterocycles. The van der Waals surface area contributed by atoms with Crippen LogP contribution in [-0.4, -0.2) is 16.8 Å². The Morgan fingerprint density at radius 2 is 1.81 bits per heavy atom. The van der Waals surface area contributed by atoms with E-state index in [0.717, 1.165) is 26.0 Å². The predicted octanol–water partition coefficient (Wildman–Crippen LogP) is 6.02. The van der Waals surface area contributed by atoms with E-state index in [-0.39, 0.29) is 11.8 Å². The van der Waals surface area contributed by atoms with Crippen LogP contribution < -0.4 is 10.2 Å². The molecule has 5 nitrogen and oxygen atoms in total. The first-order valence-electron chi connectivity index (χ1n) is 10.1. The van der Waals surface area contributed by atoms with E-state index in [1.54, 1.807) is 47.1 Å². The summed E-state index contributed by atoms with van der Waals surface area (Å²) in [4.78, 5) is 34.3. The van der Waals surface area contributed by atoms with Crippen molar-refractivity contribution in [3.05, 3.63) is 99.9 Å². The molecule has 0 bridgehead atoms. The Hall–Kier alpha value is -3.42. The average Bonchev–Trinajstić information content (AvgIpc) is 3.17. The zero-order valence-corrected chi connectivity index (χ0v) is 18.9. The first-order valence-corrected chi connectivity index (χ1v) is 11.8. The Morgan fingerprint density at radius 3 is 2.59 bits per heavy atom. The fraction of sp³-hybridized carbons (Fsp3) is 0.0800. The Morgan fingerprint density at radius 1 is 1.00 bits per heavy atom. The minimum atomic E-state index is -0.149. The Bertz CT molecular complexity index is 1310. The van der Waals surface area contributed by atoms with Crippen LogP contribution in [0, 0.1) is 6.92 Å². The van der Waals surface area contributed by atoms with Crippen LogP contribution in [0.1, 0.15) is 31.2 Å². The van der Waals surface area contributed by atoms with Gasteiger partial charge in [-0.05, 0) is 66.4 Å². The van der Waals surface area contributed by atoms with Crippen LogP contribution in [0.4, 0.5) is 11.4 Å². The van der Waals surface area contributed by atoms with Crippen molar-refractivity contribution in [1.29, 1.82) is 0 Å².